The minimum Gasteiger partial charge on any atom is -0.361 e. The summed E-state index contributed by atoms with van der Waals surface area (Å²) in [7, 11) is 0. The van der Waals surface area contributed by atoms with E-state index in [1.54, 1.807) is 0 Å². The van der Waals surface area contributed by atoms with Gasteiger partial charge in [0.2, 0.25) is 9.81 Å². The molecule has 16 heavy (non-hydrogen) atoms. The highest BCUT2D eigenvalue weighted by molar-refractivity contribution is 4.58. The van der Waals surface area contributed by atoms with Crippen LogP contribution in [-0.4, -0.2) is 34.8 Å². The number of nitrogens with one attached hydrogen (secondary N) is 1. The highest BCUT2D eigenvalue weighted by Gasteiger charge is 2.24. The van der Waals surface area contributed by atoms with Gasteiger partial charge in [-0.25, -0.2) is 0 Å². The van der Waals surface area contributed by atoms with Gasteiger partial charge in [0.05, 0.1) is 10.1 Å². The number of hydrogen-bond donors (Lipinski definition) is 1. The Morgan fingerprint density at radius 1 is 1.00 bits per heavy atom. The Bertz CT molecular complexity index is 425. The number of aromatic nitrogens is 4. The van der Waals surface area contributed by atoms with Crippen molar-refractivity contribution in [3.63, 3.8) is 0 Å². The predicted octanol–water partition coefficient (Wildman–Crippen LogP) is -1.26. The van der Waals surface area contributed by atoms with Crippen molar-refractivity contribution < 1.29 is 15.1 Å². The van der Waals surface area contributed by atoms with Crippen molar-refractivity contribution in [2.24, 2.45) is 0 Å². The van der Waals surface area contributed by atoms with Crippen LogP contribution in [0.2, 0.25) is 0 Å². The molecule has 0 aliphatic rings. The molecule has 0 aromatic carbocycles. The van der Waals surface area contributed by atoms with Crippen molar-refractivity contribution in [3.05, 3.63) is 50.2 Å². The van der Waals surface area contributed by atoms with Crippen LogP contribution in [0.25, 0.3) is 0 Å². The molecule has 0 aliphatic heterocycles. The fourth-order valence-corrected chi connectivity index (χ4v) is 0.741. The van der Waals surface area contributed by atoms with Gasteiger partial charge in [0.25, 0.3) is 0 Å². The molecule has 4 radical (unpaired) electrons. The van der Waals surface area contributed by atoms with Gasteiger partial charge in [-0.05, 0) is 0 Å². The summed E-state index contributed by atoms with van der Waals surface area (Å²) in [6.45, 7) is 0. The van der Waals surface area contributed by atoms with Crippen molar-refractivity contribution in [1.29, 1.82) is 0 Å². The molecule has 1 aromatic heterocycles. The fourth-order valence-electron chi connectivity index (χ4n) is 0.741. The van der Waals surface area contributed by atoms with E-state index in [9.17, 15) is 30.3 Å². The minimum atomic E-state index is -1.33. The second-order valence-electron chi connectivity index (χ2n) is 2.04. The molecule has 0 spiro atoms. The van der Waals surface area contributed by atoms with E-state index >= 15 is 0 Å². The third-order valence-corrected chi connectivity index (χ3v) is 1.22. The van der Waals surface area contributed by atoms with Crippen LogP contribution in [-0.2, 0) is 0 Å². The van der Waals surface area contributed by atoms with E-state index in [1.165, 1.54) is 0 Å². The molecule has 1 rings (SSSR count). The smallest absolute Gasteiger partial charge is 0.250 e. The second kappa shape index (κ2) is 4.58. The van der Waals surface area contributed by atoms with Crippen LogP contribution in [0.5, 0.6) is 0 Å². The summed E-state index contributed by atoms with van der Waals surface area (Å²) in [5.41, 5.74) is 0. The lowest BCUT2D eigenvalue weighted by molar-refractivity contribution is -0.713. The Balaban J connectivity index is 0.00000225. The van der Waals surface area contributed by atoms with Gasteiger partial charge in [-0.3, -0.25) is 0 Å². The van der Waals surface area contributed by atoms with E-state index in [-0.39, 0.29) is 17.1 Å². The van der Waals surface area contributed by atoms with Gasteiger partial charge in [0, 0.05) is 7.43 Å². The Kier molecular flexibility index (Phi) is 3.76. The van der Waals surface area contributed by atoms with Crippen LogP contribution >= 0.6 is 0 Å². The van der Waals surface area contributed by atoms with Gasteiger partial charge in [-0.15, -0.1) is 5.10 Å². The first-order chi connectivity index (χ1) is 6.95. The van der Waals surface area contributed by atoms with E-state index in [1.807, 2.05) is 5.10 Å². The second-order valence-corrected chi connectivity index (χ2v) is 2.04. The Morgan fingerprint density at radius 3 is 1.94 bits per heavy atom. The molecule has 0 bridgehead atoms. The van der Waals surface area contributed by atoms with E-state index < -0.39 is 20.0 Å². The van der Waals surface area contributed by atoms with Crippen LogP contribution in [0.1, 0.15) is 0 Å². The molecule has 1 heterocycles. The summed E-state index contributed by atoms with van der Waals surface area (Å²) in [6, 6.07) is 0. The average molecular weight is 233 g/mol. The number of aromatic amines is 1. The summed E-state index contributed by atoms with van der Waals surface area (Å²) in [4.78, 5) is 30.1. The minimum absolute atomic E-state index is 0. The fraction of sp³-hybridized carbons (Fsp3) is 0. The SMILES string of the molecule is O=[N+]([O-])n1cc[nH]n([N+](=O)[O-])n1[N+](=O)[O-].[C]. The lowest BCUT2D eigenvalue weighted by Crippen LogP contribution is -2.38. The van der Waals surface area contributed by atoms with Gasteiger partial charge in [0.15, 0.2) is 6.20 Å². The van der Waals surface area contributed by atoms with Gasteiger partial charge in [-0.2, -0.15) is 0 Å². The zero-order valence-electron chi connectivity index (χ0n) is 7.29. The van der Waals surface area contributed by atoms with Crippen molar-refractivity contribution in [2.45, 2.75) is 0 Å². The molecule has 0 aliphatic carbocycles. The van der Waals surface area contributed by atoms with Gasteiger partial charge in [-0.1, -0.05) is 0 Å². The topological polar surface area (TPSA) is 160 Å². The van der Waals surface area contributed by atoms with Gasteiger partial charge >= 0.3 is 0 Å². The van der Waals surface area contributed by atoms with E-state index in [2.05, 4.69) is 0 Å². The van der Waals surface area contributed by atoms with Crippen LogP contribution in [0, 0.1) is 37.8 Å². The maximum atomic E-state index is 10.3. The number of nitro groups is 3. The van der Waals surface area contributed by atoms with E-state index in [0.29, 0.717) is 6.20 Å². The molecule has 86 valence electrons. The standard InChI is InChI=1S/C2H3N7O6.C/c10-7(11)4-2-1-3-5(8(12)13)6(4)9(14)15;/h1-3H;. The largest absolute Gasteiger partial charge is 0.361 e. The number of hydrogen-bond acceptors (Lipinski definition) is 6. The third kappa shape index (κ3) is 2.14. The molecule has 1 aromatic rings. The first-order valence-corrected chi connectivity index (χ1v) is 3.20. The van der Waals surface area contributed by atoms with Gasteiger partial charge < -0.3 is 30.3 Å². The number of H-pyrrole nitrogens is 1. The maximum absolute atomic E-state index is 10.3. The molecular formula is C3H3N7O6. The monoisotopic (exact) mass is 233 g/mol. The summed E-state index contributed by atoms with van der Waals surface area (Å²) >= 11 is 0. The summed E-state index contributed by atoms with van der Waals surface area (Å²) in [6.07, 6.45) is 1.44. The van der Waals surface area contributed by atoms with Crippen LogP contribution in [0.3, 0.4) is 0 Å². The summed E-state index contributed by atoms with van der Waals surface area (Å²) in [5.74, 6) is 0. The Labute approximate surface area is 86.1 Å². The van der Waals surface area contributed by atoms with Crippen LogP contribution < -0.4 is 0 Å². The molecule has 0 amide bonds. The zero-order valence-corrected chi connectivity index (χ0v) is 7.29. The molecule has 13 heteroatoms. The maximum Gasteiger partial charge on any atom is 0.250 e. The molecule has 0 atom stereocenters. The third-order valence-electron chi connectivity index (χ3n) is 1.22. The molecule has 0 fully saturated rings. The number of rotatable bonds is 3. The van der Waals surface area contributed by atoms with Crippen molar-refractivity contribution >= 4 is 0 Å². The molecule has 1 N–H and O–H groups in total. The normalized spacial score (nSPS) is 9.00. The predicted molar refractivity (Wildman–Crippen MR) is 42.8 cm³/mol. The molecule has 0 unspecified atom stereocenters. The van der Waals surface area contributed by atoms with E-state index in [0.717, 1.165) is 6.20 Å². The lowest BCUT2D eigenvalue weighted by atomic mass is 10.9. The molecular weight excluding hydrogens is 230 g/mol. The highest BCUT2D eigenvalue weighted by atomic mass is 16.7. The quantitative estimate of drug-likeness (QED) is 0.506. The number of nitrogens with zero attached hydrogens (tertiary/aromatic N) is 6. The van der Waals surface area contributed by atoms with E-state index in [4.69, 9.17) is 0 Å². The first kappa shape index (κ1) is 13.1. The van der Waals surface area contributed by atoms with Crippen molar-refractivity contribution in [3.8, 4) is 0 Å². The lowest BCUT2D eigenvalue weighted by Gasteiger charge is -2.03. The Hall–Kier alpha value is -2.86. The van der Waals surface area contributed by atoms with Gasteiger partial charge in [0.1, 0.15) is 16.0 Å². The zero-order chi connectivity index (χ0) is 11.6. The van der Waals surface area contributed by atoms with Crippen LogP contribution in [0.15, 0.2) is 12.4 Å². The summed E-state index contributed by atoms with van der Waals surface area (Å²) in [5, 5.41) is 29.0. The summed E-state index contributed by atoms with van der Waals surface area (Å²) < 4.78 is 0. The average Bonchev–Trinajstić information content (AvgIpc) is 2.16. The van der Waals surface area contributed by atoms with Crippen molar-refractivity contribution in [2.75, 3.05) is 0 Å². The Morgan fingerprint density at radius 2 is 1.56 bits per heavy atom. The molecule has 0 saturated carbocycles. The highest BCUT2D eigenvalue weighted by Crippen LogP contribution is 1.88. The first-order valence-electron chi connectivity index (χ1n) is 3.20. The van der Waals surface area contributed by atoms with Crippen LogP contribution in [0.4, 0.5) is 0 Å². The van der Waals surface area contributed by atoms with Crippen molar-refractivity contribution in [1.82, 2.24) is 19.7 Å². The molecule has 0 saturated heterocycles. The molecule has 13 nitrogen and oxygen atoms in total.